The van der Waals surface area contributed by atoms with Crippen LogP contribution in [0.3, 0.4) is 0 Å². The topological polar surface area (TPSA) is 145 Å². The normalized spacial score (nSPS) is 28.2. The minimum absolute atomic E-state index is 0.0112. The Labute approximate surface area is 301 Å². The van der Waals surface area contributed by atoms with Crippen LogP contribution in [0.2, 0.25) is 0 Å². The molecule has 0 radical (unpaired) electrons. The highest BCUT2D eigenvalue weighted by molar-refractivity contribution is 6.59. The van der Waals surface area contributed by atoms with Crippen molar-refractivity contribution in [2.45, 2.75) is 35.4 Å². The molecule has 10 nitrogen and oxygen atoms in total. The predicted molar refractivity (Wildman–Crippen MR) is 174 cm³/mol. The van der Waals surface area contributed by atoms with Gasteiger partial charge in [0.1, 0.15) is 5.69 Å². The summed E-state index contributed by atoms with van der Waals surface area (Å²) in [5, 5.41) is 30.8. The molecular weight excluding hydrogens is 741 g/mol. The molecule has 2 aliphatic heterocycles. The number of para-hydroxylation sites is 1. The van der Waals surface area contributed by atoms with Gasteiger partial charge in [0.2, 0.25) is 17.6 Å². The van der Waals surface area contributed by atoms with Crippen LogP contribution in [0.4, 0.5) is 33.3 Å². The van der Waals surface area contributed by atoms with Gasteiger partial charge >= 0.3 is 7.12 Å². The van der Waals surface area contributed by atoms with Gasteiger partial charge in [0.15, 0.2) is 44.5 Å². The Morgan fingerprint density at radius 3 is 2.13 bits per heavy atom. The lowest BCUT2D eigenvalue weighted by molar-refractivity contribution is -0.125. The maximum Gasteiger partial charge on any atom is 0.488 e. The molecular formula is C34H24BCl2F5N2O8. The van der Waals surface area contributed by atoms with Gasteiger partial charge in [0, 0.05) is 11.5 Å². The molecule has 3 fully saturated rings. The lowest BCUT2D eigenvalue weighted by Gasteiger charge is -2.50. The Hall–Kier alpha value is -4.51. The van der Waals surface area contributed by atoms with Crippen molar-refractivity contribution in [3.63, 3.8) is 0 Å². The number of hydrogen-bond donors (Lipinski definition) is 3. The zero-order valence-electron chi connectivity index (χ0n) is 26.5. The summed E-state index contributed by atoms with van der Waals surface area (Å²) in [7, 11) is -1.94. The van der Waals surface area contributed by atoms with Crippen LogP contribution in [0.1, 0.15) is 31.2 Å². The number of fused-ring (bicyclic) bond motifs is 4. The van der Waals surface area contributed by atoms with Crippen molar-refractivity contribution in [1.29, 1.82) is 0 Å². The first-order chi connectivity index (χ1) is 24.5. The van der Waals surface area contributed by atoms with E-state index in [-0.39, 0.29) is 46.0 Å². The highest BCUT2D eigenvalue weighted by atomic mass is 35.5. The molecule has 6 unspecified atom stereocenters. The number of imide groups is 2. The average Bonchev–Trinajstić information content (AvgIpc) is 3.46. The van der Waals surface area contributed by atoms with Crippen molar-refractivity contribution >= 4 is 70.8 Å². The van der Waals surface area contributed by atoms with Gasteiger partial charge in [-0.2, -0.15) is 0 Å². The summed E-state index contributed by atoms with van der Waals surface area (Å²) in [5.74, 6) is -23.4. The third-order valence-electron chi connectivity index (χ3n) is 10.3. The molecule has 18 heteroatoms. The lowest BCUT2D eigenvalue weighted by Crippen LogP contribution is -2.60. The third kappa shape index (κ3) is 4.63. The number of allylic oxidation sites excluding steroid dienone is 2. The van der Waals surface area contributed by atoms with E-state index in [9.17, 15) is 47.5 Å². The second kappa shape index (κ2) is 12.3. The fourth-order valence-electron chi connectivity index (χ4n) is 8.04. The molecule has 52 heavy (non-hydrogen) atoms. The minimum Gasteiger partial charge on any atom is -0.504 e. The van der Waals surface area contributed by atoms with Crippen LogP contribution in [-0.2, 0) is 19.2 Å². The molecule has 0 bridgehead atoms. The zero-order chi connectivity index (χ0) is 37.8. The van der Waals surface area contributed by atoms with E-state index in [1.807, 2.05) is 0 Å². The van der Waals surface area contributed by atoms with Crippen molar-refractivity contribution in [2.75, 3.05) is 16.4 Å². The molecule has 7 rings (SSSR count). The van der Waals surface area contributed by atoms with Crippen molar-refractivity contribution in [2.24, 2.45) is 17.8 Å². The van der Waals surface area contributed by atoms with Crippen molar-refractivity contribution in [3.8, 4) is 11.5 Å². The number of carbonyl (C=O) groups is 4. The molecule has 4 amide bonds. The first kappa shape index (κ1) is 35.9. The van der Waals surface area contributed by atoms with Crippen LogP contribution in [0.25, 0.3) is 0 Å². The number of phenolic OH excluding ortho intramolecular Hbond substituents is 1. The molecule has 3 N–H and O–H groups in total. The number of nitrogens with zero attached hydrogens (tertiary/aromatic N) is 2. The first-order valence-electron chi connectivity index (χ1n) is 15.8. The molecule has 4 aliphatic rings. The Kier molecular flexibility index (Phi) is 8.48. The summed E-state index contributed by atoms with van der Waals surface area (Å²) in [6.45, 7) is 1.65. The molecule has 6 atom stereocenters. The standard InChI is InChI=1S/C34H24BCl2F5N2O8/c1-2-52-19-8-4-7-17(28(19)45)21-15-9-10-16-20(30(47)43(29(16)46)14-6-3-5-13(11-14)35(50)51)18(15)12-33(36)31(48)44(32(49)34(21,33)37)27-25(41)23(39)22(38)24(40)26(27)42/h3-9,11,16,18,20-21,45,50-51H,2,10,12H2,1H3. The number of aromatic hydroxyl groups is 1. The molecule has 0 aromatic heterocycles. The van der Waals surface area contributed by atoms with Crippen molar-refractivity contribution in [3.05, 3.63) is 88.8 Å². The van der Waals surface area contributed by atoms with Gasteiger partial charge < -0.3 is 19.9 Å². The second-order valence-corrected chi connectivity index (χ2v) is 14.0. The van der Waals surface area contributed by atoms with Gasteiger partial charge in [-0.05, 0) is 49.3 Å². The lowest BCUT2D eigenvalue weighted by atomic mass is 9.56. The highest BCUT2D eigenvalue weighted by Gasteiger charge is 2.77. The van der Waals surface area contributed by atoms with E-state index in [0.717, 1.165) is 4.90 Å². The van der Waals surface area contributed by atoms with Gasteiger partial charge in [-0.25, -0.2) is 26.9 Å². The van der Waals surface area contributed by atoms with Gasteiger partial charge in [0.05, 0.1) is 24.1 Å². The summed E-state index contributed by atoms with van der Waals surface area (Å²) in [6, 6.07) is 9.36. The molecule has 3 aromatic rings. The van der Waals surface area contributed by atoms with E-state index in [0.29, 0.717) is 0 Å². The molecule has 2 heterocycles. The van der Waals surface area contributed by atoms with Crippen LogP contribution < -0.4 is 20.0 Å². The predicted octanol–water partition coefficient (Wildman–Crippen LogP) is 3.93. The maximum absolute atomic E-state index is 15.3. The Balaban J connectivity index is 1.44. The highest BCUT2D eigenvalue weighted by Crippen LogP contribution is 2.67. The number of amides is 4. The molecule has 1 saturated carbocycles. The SMILES string of the molecule is CCOc1cccc(C2C3=CCC4C(=O)N(c5cccc(B(O)O)c5)C(=O)C4C3CC3(Cl)C(=O)N(c4c(F)c(F)c(F)c(F)c4F)C(=O)C23Cl)c1O. The van der Waals surface area contributed by atoms with Gasteiger partial charge in [-0.1, -0.05) is 35.9 Å². The number of rotatable bonds is 6. The summed E-state index contributed by atoms with van der Waals surface area (Å²) in [5.41, 5.74) is -2.05. The smallest absolute Gasteiger partial charge is 0.488 e. The number of ether oxygens (including phenoxy) is 1. The third-order valence-corrected chi connectivity index (χ3v) is 11.7. The van der Waals surface area contributed by atoms with Gasteiger partial charge in [-0.3, -0.25) is 24.1 Å². The molecule has 2 aliphatic carbocycles. The Morgan fingerprint density at radius 2 is 1.50 bits per heavy atom. The van der Waals surface area contributed by atoms with E-state index in [2.05, 4.69) is 0 Å². The summed E-state index contributed by atoms with van der Waals surface area (Å²) < 4.78 is 79.0. The number of halogens is 7. The first-order valence-corrected chi connectivity index (χ1v) is 16.5. The monoisotopic (exact) mass is 764 g/mol. The number of hydrogen-bond acceptors (Lipinski definition) is 8. The quantitative estimate of drug-likeness (QED) is 0.0652. The number of phenols is 1. The van der Waals surface area contributed by atoms with Crippen molar-refractivity contribution < 1.29 is 61.0 Å². The van der Waals surface area contributed by atoms with Gasteiger partial charge in [0.25, 0.3) is 11.8 Å². The van der Waals surface area contributed by atoms with Crippen molar-refractivity contribution in [1.82, 2.24) is 0 Å². The van der Waals surface area contributed by atoms with Gasteiger partial charge in [-0.15, -0.1) is 23.2 Å². The van der Waals surface area contributed by atoms with E-state index in [1.54, 1.807) is 6.92 Å². The fraction of sp³-hybridized carbons (Fsp3) is 0.294. The van der Waals surface area contributed by atoms with E-state index in [1.165, 1.54) is 48.5 Å². The number of carbonyl (C=O) groups excluding carboxylic acids is 4. The van der Waals surface area contributed by atoms with E-state index < -0.39 is 111 Å². The molecule has 3 aromatic carbocycles. The number of alkyl halides is 2. The van der Waals surface area contributed by atoms with E-state index in [4.69, 9.17) is 27.9 Å². The molecule has 2 saturated heterocycles. The van der Waals surface area contributed by atoms with Crippen LogP contribution in [0, 0.1) is 46.8 Å². The molecule has 0 spiro atoms. The fourth-order valence-corrected chi connectivity index (χ4v) is 8.96. The van der Waals surface area contributed by atoms with Crippen LogP contribution in [-0.4, -0.2) is 62.3 Å². The Bertz CT molecular complexity index is 2130. The second-order valence-electron chi connectivity index (χ2n) is 12.8. The van der Waals surface area contributed by atoms with E-state index >= 15 is 8.78 Å². The maximum atomic E-state index is 15.3. The zero-order valence-corrected chi connectivity index (χ0v) is 28.1. The molecule has 270 valence electrons. The Morgan fingerprint density at radius 1 is 0.865 bits per heavy atom. The minimum atomic E-state index is -2.83. The average molecular weight is 765 g/mol. The van der Waals surface area contributed by atoms with Crippen LogP contribution in [0.15, 0.2) is 54.1 Å². The summed E-state index contributed by atoms with van der Waals surface area (Å²) in [6.07, 6.45) is 0.589. The van der Waals surface area contributed by atoms with Crippen LogP contribution >= 0.6 is 23.2 Å². The summed E-state index contributed by atoms with van der Waals surface area (Å²) >= 11 is 14.2. The number of anilines is 2. The van der Waals surface area contributed by atoms with Crippen LogP contribution in [0.5, 0.6) is 11.5 Å². The summed E-state index contributed by atoms with van der Waals surface area (Å²) in [4.78, 5) is 51.8. The number of benzene rings is 3. The largest absolute Gasteiger partial charge is 0.504 e.